The maximum atomic E-state index is 11.6. The summed E-state index contributed by atoms with van der Waals surface area (Å²) in [6, 6.07) is 0.372. The van der Waals surface area contributed by atoms with Crippen molar-refractivity contribution >= 4 is 17.7 Å². The molecule has 2 atom stereocenters. The van der Waals surface area contributed by atoms with Crippen molar-refractivity contribution in [2.75, 3.05) is 6.26 Å². The van der Waals surface area contributed by atoms with Crippen molar-refractivity contribution in [2.24, 2.45) is 5.73 Å². The number of amides is 1. The van der Waals surface area contributed by atoms with Gasteiger partial charge in [-0.3, -0.25) is 4.79 Å². The Hall–Kier alpha value is -0.220. The highest BCUT2D eigenvalue weighted by Crippen LogP contribution is 2.28. The normalized spacial score (nSPS) is 26.7. The van der Waals surface area contributed by atoms with E-state index in [4.69, 9.17) is 5.73 Å². The lowest BCUT2D eigenvalue weighted by atomic mass is 10.0. The van der Waals surface area contributed by atoms with Gasteiger partial charge in [-0.2, -0.15) is 11.8 Å². The number of thioether (sulfide) groups is 1. The highest BCUT2D eigenvalue weighted by Gasteiger charge is 2.26. The second-order valence-corrected chi connectivity index (χ2v) is 6.24. The van der Waals surface area contributed by atoms with Gasteiger partial charge in [0.1, 0.15) is 0 Å². The lowest BCUT2D eigenvalue weighted by molar-refractivity contribution is -0.122. The first-order valence-corrected chi connectivity index (χ1v) is 6.80. The molecular formula is C11H22N2OS. The topological polar surface area (TPSA) is 55.1 Å². The Morgan fingerprint density at radius 2 is 2.20 bits per heavy atom. The summed E-state index contributed by atoms with van der Waals surface area (Å²) in [5.74, 6) is 0.0919. The molecule has 4 heteroatoms. The number of hydrogen-bond donors (Lipinski definition) is 2. The molecule has 15 heavy (non-hydrogen) atoms. The molecule has 1 saturated carbocycles. The number of rotatable bonds is 4. The lowest BCUT2D eigenvalue weighted by Crippen LogP contribution is -2.42. The van der Waals surface area contributed by atoms with Crippen molar-refractivity contribution < 1.29 is 4.79 Å². The van der Waals surface area contributed by atoms with E-state index in [9.17, 15) is 4.79 Å². The SMILES string of the molecule is CSC1CCC(NC(=O)CC(C)(C)N)C1. The van der Waals surface area contributed by atoms with Crippen LogP contribution in [0, 0.1) is 0 Å². The monoisotopic (exact) mass is 230 g/mol. The molecule has 0 heterocycles. The summed E-state index contributed by atoms with van der Waals surface area (Å²) in [7, 11) is 0. The van der Waals surface area contributed by atoms with Gasteiger partial charge < -0.3 is 11.1 Å². The summed E-state index contributed by atoms with van der Waals surface area (Å²) >= 11 is 1.90. The molecule has 2 unspecified atom stereocenters. The van der Waals surface area contributed by atoms with E-state index in [1.165, 1.54) is 6.42 Å². The van der Waals surface area contributed by atoms with Crippen LogP contribution in [0.3, 0.4) is 0 Å². The number of carbonyl (C=O) groups excluding carboxylic acids is 1. The molecule has 1 amide bonds. The Labute approximate surface area is 96.6 Å². The van der Waals surface area contributed by atoms with Crippen LogP contribution in [0.15, 0.2) is 0 Å². The minimum absolute atomic E-state index is 0.0919. The van der Waals surface area contributed by atoms with Gasteiger partial charge in [0.15, 0.2) is 0 Å². The van der Waals surface area contributed by atoms with Gasteiger partial charge in [0.25, 0.3) is 0 Å². The standard InChI is InChI=1S/C11H22N2OS/c1-11(2,12)7-10(14)13-8-4-5-9(6-8)15-3/h8-9H,4-7,12H2,1-3H3,(H,13,14). The van der Waals surface area contributed by atoms with E-state index < -0.39 is 5.54 Å². The van der Waals surface area contributed by atoms with Crippen molar-refractivity contribution in [1.82, 2.24) is 5.32 Å². The summed E-state index contributed by atoms with van der Waals surface area (Å²) in [6.07, 6.45) is 5.99. The predicted molar refractivity (Wildman–Crippen MR) is 66.0 cm³/mol. The van der Waals surface area contributed by atoms with Crippen LogP contribution in [-0.4, -0.2) is 29.0 Å². The van der Waals surface area contributed by atoms with Crippen LogP contribution in [0.4, 0.5) is 0 Å². The molecule has 0 radical (unpaired) electrons. The van der Waals surface area contributed by atoms with Crippen LogP contribution in [0.5, 0.6) is 0 Å². The first-order chi connectivity index (χ1) is 6.90. The molecule has 0 bridgehead atoms. The van der Waals surface area contributed by atoms with E-state index in [1.807, 2.05) is 25.6 Å². The van der Waals surface area contributed by atoms with E-state index in [0.29, 0.717) is 12.5 Å². The van der Waals surface area contributed by atoms with E-state index in [0.717, 1.165) is 18.1 Å². The van der Waals surface area contributed by atoms with Crippen LogP contribution in [-0.2, 0) is 4.79 Å². The van der Waals surface area contributed by atoms with Crippen LogP contribution in [0.25, 0.3) is 0 Å². The Kier molecular flexibility index (Phi) is 4.46. The average Bonchev–Trinajstić information content (AvgIpc) is 2.48. The zero-order chi connectivity index (χ0) is 11.5. The summed E-state index contributed by atoms with van der Waals surface area (Å²) in [6.45, 7) is 3.76. The van der Waals surface area contributed by atoms with E-state index >= 15 is 0 Å². The molecule has 0 aliphatic heterocycles. The Morgan fingerprint density at radius 1 is 1.53 bits per heavy atom. The molecule has 1 rings (SSSR count). The number of carbonyl (C=O) groups is 1. The Balaban J connectivity index is 2.28. The quantitative estimate of drug-likeness (QED) is 0.770. The molecular weight excluding hydrogens is 208 g/mol. The molecule has 3 N–H and O–H groups in total. The highest BCUT2D eigenvalue weighted by molar-refractivity contribution is 7.99. The highest BCUT2D eigenvalue weighted by atomic mass is 32.2. The van der Waals surface area contributed by atoms with Crippen LogP contribution < -0.4 is 11.1 Å². The fraction of sp³-hybridized carbons (Fsp3) is 0.909. The van der Waals surface area contributed by atoms with Crippen LogP contribution in [0.1, 0.15) is 39.5 Å². The van der Waals surface area contributed by atoms with E-state index in [2.05, 4.69) is 11.6 Å². The van der Waals surface area contributed by atoms with Gasteiger partial charge in [-0.1, -0.05) is 0 Å². The maximum Gasteiger partial charge on any atom is 0.222 e. The predicted octanol–water partition coefficient (Wildman–Crippen LogP) is 1.51. The lowest BCUT2D eigenvalue weighted by Gasteiger charge is -2.20. The zero-order valence-corrected chi connectivity index (χ0v) is 10.7. The summed E-state index contributed by atoms with van der Waals surface area (Å²) < 4.78 is 0. The minimum Gasteiger partial charge on any atom is -0.353 e. The van der Waals surface area contributed by atoms with Gasteiger partial charge in [-0.05, 0) is 39.4 Å². The molecule has 0 saturated heterocycles. The Bertz CT molecular complexity index is 225. The molecule has 0 aromatic carbocycles. The number of nitrogens with one attached hydrogen (secondary N) is 1. The third-order valence-electron chi connectivity index (χ3n) is 2.70. The van der Waals surface area contributed by atoms with Gasteiger partial charge in [-0.25, -0.2) is 0 Å². The van der Waals surface area contributed by atoms with Gasteiger partial charge in [0, 0.05) is 23.3 Å². The van der Waals surface area contributed by atoms with Gasteiger partial charge in [-0.15, -0.1) is 0 Å². The molecule has 0 aromatic rings. The third kappa shape index (κ3) is 4.89. The van der Waals surface area contributed by atoms with E-state index in [-0.39, 0.29) is 5.91 Å². The maximum absolute atomic E-state index is 11.6. The second kappa shape index (κ2) is 5.21. The number of hydrogen-bond acceptors (Lipinski definition) is 3. The zero-order valence-electron chi connectivity index (χ0n) is 9.88. The molecule has 0 aromatic heterocycles. The molecule has 1 aliphatic carbocycles. The fourth-order valence-corrected chi connectivity index (χ4v) is 2.77. The first-order valence-electron chi connectivity index (χ1n) is 5.52. The first kappa shape index (κ1) is 12.8. The summed E-state index contributed by atoms with van der Waals surface area (Å²) in [5, 5.41) is 3.79. The van der Waals surface area contributed by atoms with Crippen molar-refractivity contribution in [3.05, 3.63) is 0 Å². The molecule has 3 nitrogen and oxygen atoms in total. The van der Waals surface area contributed by atoms with Crippen molar-refractivity contribution in [3.8, 4) is 0 Å². The minimum atomic E-state index is -0.401. The summed E-state index contributed by atoms with van der Waals surface area (Å²) in [5.41, 5.74) is 5.40. The van der Waals surface area contributed by atoms with Crippen LogP contribution in [0.2, 0.25) is 0 Å². The van der Waals surface area contributed by atoms with Gasteiger partial charge in [0.2, 0.25) is 5.91 Å². The van der Waals surface area contributed by atoms with Crippen molar-refractivity contribution in [3.63, 3.8) is 0 Å². The third-order valence-corrected chi connectivity index (χ3v) is 3.79. The van der Waals surface area contributed by atoms with Gasteiger partial charge in [0.05, 0.1) is 0 Å². The molecule has 1 fully saturated rings. The largest absolute Gasteiger partial charge is 0.353 e. The fourth-order valence-electron chi connectivity index (χ4n) is 1.98. The van der Waals surface area contributed by atoms with Gasteiger partial charge >= 0.3 is 0 Å². The van der Waals surface area contributed by atoms with Crippen molar-refractivity contribution in [2.45, 2.75) is 56.4 Å². The molecule has 0 spiro atoms. The van der Waals surface area contributed by atoms with E-state index in [1.54, 1.807) is 0 Å². The molecule has 88 valence electrons. The number of nitrogens with two attached hydrogens (primary N) is 1. The average molecular weight is 230 g/mol. The van der Waals surface area contributed by atoms with Crippen LogP contribution >= 0.6 is 11.8 Å². The van der Waals surface area contributed by atoms with Crippen molar-refractivity contribution in [1.29, 1.82) is 0 Å². The second-order valence-electron chi connectivity index (χ2n) is 5.10. The summed E-state index contributed by atoms with van der Waals surface area (Å²) in [4.78, 5) is 11.6. The molecule has 1 aliphatic rings. The smallest absolute Gasteiger partial charge is 0.222 e. The Morgan fingerprint density at radius 3 is 2.67 bits per heavy atom.